The number of carboxylic acid groups (broad SMARTS) is 1. The maximum atomic E-state index is 11.3. The average Bonchev–Trinajstić information content (AvgIpc) is 2.44. The van der Waals surface area contributed by atoms with Gasteiger partial charge in [-0.05, 0) is 17.7 Å². The van der Waals surface area contributed by atoms with E-state index in [4.69, 9.17) is 5.11 Å². The van der Waals surface area contributed by atoms with E-state index < -0.39 is 24.5 Å². The van der Waals surface area contributed by atoms with Gasteiger partial charge in [0.25, 0.3) is 0 Å². The van der Waals surface area contributed by atoms with Crippen molar-refractivity contribution in [3.05, 3.63) is 35.4 Å². The van der Waals surface area contributed by atoms with Crippen LogP contribution < -0.4 is 5.32 Å². The zero-order valence-corrected chi connectivity index (χ0v) is 10.9. The van der Waals surface area contributed by atoms with E-state index in [-0.39, 0.29) is 13.2 Å². The highest BCUT2D eigenvalue weighted by atomic mass is 16.5. The number of hydrogen-bond acceptors (Lipinski definition) is 5. The standard InChI is InChI=1S/C13H15NO6/c1-19-13(18)10-4-2-9(3-5-10)6-14-11(15)7-20-8-12(16)17/h2-5H,6-8H2,1H3,(H,14,15)(H,16,17). The molecule has 0 saturated heterocycles. The number of hydrogen-bond donors (Lipinski definition) is 2. The van der Waals surface area contributed by atoms with E-state index in [9.17, 15) is 14.4 Å². The van der Waals surface area contributed by atoms with Gasteiger partial charge in [-0.2, -0.15) is 0 Å². The van der Waals surface area contributed by atoms with Gasteiger partial charge < -0.3 is 19.9 Å². The molecule has 0 saturated carbocycles. The van der Waals surface area contributed by atoms with Crippen LogP contribution in [0.5, 0.6) is 0 Å². The number of esters is 1. The summed E-state index contributed by atoms with van der Waals surface area (Å²) < 4.78 is 9.20. The number of rotatable bonds is 7. The van der Waals surface area contributed by atoms with Gasteiger partial charge >= 0.3 is 11.9 Å². The summed E-state index contributed by atoms with van der Waals surface area (Å²) in [7, 11) is 1.30. The van der Waals surface area contributed by atoms with Crippen molar-refractivity contribution in [2.75, 3.05) is 20.3 Å². The van der Waals surface area contributed by atoms with Gasteiger partial charge in [-0.15, -0.1) is 0 Å². The number of methoxy groups -OCH3 is 1. The van der Waals surface area contributed by atoms with E-state index >= 15 is 0 Å². The van der Waals surface area contributed by atoms with Crippen LogP contribution in [0.4, 0.5) is 0 Å². The van der Waals surface area contributed by atoms with Crippen molar-refractivity contribution in [3.8, 4) is 0 Å². The largest absolute Gasteiger partial charge is 0.480 e. The smallest absolute Gasteiger partial charge is 0.337 e. The topological polar surface area (TPSA) is 102 Å². The molecule has 1 aromatic carbocycles. The molecule has 0 aliphatic carbocycles. The molecule has 1 aromatic rings. The quantitative estimate of drug-likeness (QED) is 0.692. The lowest BCUT2D eigenvalue weighted by atomic mass is 10.1. The van der Waals surface area contributed by atoms with Gasteiger partial charge in [0.2, 0.25) is 5.91 Å². The zero-order chi connectivity index (χ0) is 15.0. The van der Waals surface area contributed by atoms with Gasteiger partial charge in [-0.1, -0.05) is 12.1 Å². The van der Waals surface area contributed by atoms with Crippen LogP contribution in [0.1, 0.15) is 15.9 Å². The Labute approximate surface area is 115 Å². The minimum absolute atomic E-state index is 0.261. The van der Waals surface area contributed by atoms with E-state index in [0.29, 0.717) is 5.56 Å². The van der Waals surface area contributed by atoms with Crippen molar-refractivity contribution in [3.63, 3.8) is 0 Å². The zero-order valence-electron chi connectivity index (χ0n) is 10.9. The van der Waals surface area contributed by atoms with Crippen molar-refractivity contribution in [1.29, 1.82) is 0 Å². The first-order chi connectivity index (χ1) is 9.52. The Kier molecular flexibility index (Phi) is 6.18. The first-order valence-electron chi connectivity index (χ1n) is 5.76. The number of benzene rings is 1. The number of carbonyl (C=O) groups is 3. The SMILES string of the molecule is COC(=O)c1ccc(CNC(=O)COCC(=O)O)cc1. The minimum Gasteiger partial charge on any atom is -0.480 e. The Hall–Kier alpha value is -2.41. The fraction of sp³-hybridized carbons (Fsp3) is 0.308. The molecule has 0 atom stereocenters. The summed E-state index contributed by atoms with van der Waals surface area (Å²) in [6, 6.07) is 6.55. The minimum atomic E-state index is -1.13. The predicted octanol–water partition coefficient (Wildman–Crippen LogP) is 0.191. The van der Waals surface area contributed by atoms with Crippen LogP contribution in [0.25, 0.3) is 0 Å². The van der Waals surface area contributed by atoms with Crippen molar-refractivity contribution in [1.82, 2.24) is 5.32 Å². The van der Waals surface area contributed by atoms with Gasteiger partial charge in [0.1, 0.15) is 13.2 Å². The molecule has 0 aliphatic rings. The molecule has 108 valence electrons. The van der Waals surface area contributed by atoms with Gasteiger partial charge in [-0.3, -0.25) is 4.79 Å². The Morgan fingerprint density at radius 2 is 1.80 bits per heavy atom. The van der Waals surface area contributed by atoms with Gasteiger partial charge in [-0.25, -0.2) is 9.59 Å². The number of nitrogens with one attached hydrogen (secondary N) is 1. The Morgan fingerprint density at radius 1 is 1.15 bits per heavy atom. The third-order valence-corrected chi connectivity index (χ3v) is 2.32. The highest BCUT2D eigenvalue weighted by Gasteiger charge is 2.06. The second-order valence-corrected chi connectivity index (χ2v) is 3.85. The van der Waals surface area contributed by atoms with E-state index in [2.05, 4.69) is 14.8 Å². The number of carbonyl (C=O) groups excluding carboxylic acids is 2. The fourth-order valence-electron chi connectivity index (χ4n) is 1.36. The molecule has 0 fully saturated rings. The summed E-state index contributed by atoms with van der Waals surface area (Å²) in [4.78, 5) is 32.7. The van der Waals surface area contributed by atoms with E-state index in [0.717, 1.165) is 5.56 Å². The third-order valence-electron chi connectivity index (χ3n) is 2.32. The first kappa shape index (κ1) is 15.6. The lowest BCUT2D eigenvalue weighted by Crippen LogP contribution is -2.28. The Balaban J connectivity index is 2.36. The van der Waals surface area contributed by atoms with Gasteiger partial charge in [0.15, 0.2) is 0 Å². The molecule has 1 rings (SSSR count). The molecule has 7 nitrogen and oxygen atoms in total. The van der Waals surface area contributed by atoms with Crippen LogP contribution >= 0.6 is 0 Å². The molecular weight excluding hydrogens is 266 g/mol. The number of aliphatic carboxylic acids is 1. The molecule has 0 bridgehead atoms. The molecule has 20 heavy (non-hydrogen) atoms. The van der Waals surface area contributed by atoms with E-state index in [1.54, 1.807) is 24.3 Å². The summed E-state index contributed by atoms with van der Waals surface area (Å²) in [5.74, 6) is -1.97. The Bertz CT molecular complexity index is 482. The molecule has 2 N–H and O–H groups in total. The van der Waals surface area contributed by atoms with Crippen molar-refractivity contribution >= 4 is 17.8 Å². The normalized spacial score (nSPS) is 9.85. The third kappa shape index (κ3) is 5.49. The van der Waals surface area contributed by atoms with Crippen LogP contribution in [0, 0.1) is 0 Å². The number of amides is 1. The molecule has 0 spiro atoms. The molecule has 0 heterocycles. The maximum Gasteiger partial charge on any atom is 0.337 e. The van der Waals surface area contributed by atoms with Gasteiger partial charge in [0, 0.05) is 6.54 Å². The Morgan fingerprint density at radius 3 is 2.35 bits per heavy atom. The average molecular weight is 281 g/mol. The van der Waals surface area contributed by atoms with Crippen molar-refractivity contribution in [2.24, 2.45) is 0 Å². The predicted molar refractivity (Wildman–Crippen MR) is 68.1 cm³/mol. The summed E-state index contributed by atoms with van der Waals surface area (Å²) in [5.41, 5.74) is 1.22. The molecule has 7 heteroatoms. The molecule has 0 aromatic heterocycles. The monoisotopic (exact) mass is 281 g/mol. The number of carboxylic acids is 1. The summed E-state index contributed by atoms with van der Waals surface area (Å²) in [6.45, 7) is -0.565. The van der Waals surface area contributed by atoms with Crippen LogP contribution in [-0.4, -0.2) is 43.3 Å². The molecule has 1 amide bonds. The lowest BCUT2D eigenvalue weighted by molar-refractivity contribution is -0.143. The highest BCUT2D eigenvalue weighted by Crippen LogP contribution is 2.05. The lowest BCUT2D eigenvalue weighted by Gasteiger charge is -2.06. The second-order valence-electron chi connectivity index (χ2n) is 3.85. The van der Waals surface area contributed by atoms with E-state index in [1.165, 1.54) is 7.11 Å². The van der Waals surface area contributed by atoms with Crippen molar-refractivity contribution < 1.29 is 29.0 Å². The molecular formula is C13H15NO6. The van der Waals surface area contributed by atoms with Crippen LogP contribution in [0.3, 0.4) is 0 Å². The summed E-state index contributed by atoms with van der Waals surface area (Å²) in [6.07, 6.45) is 0. The van der Waals surface area contributed by atoms with Crippen LogP contribution in [0.15, 0.2) is 24.3 Å². The van der Waals surface area contributed by atoms with Gasteiger partial charge in [0.05, 0.1) is 12.7 Å². The maximum absolute atomic E-state index is 11.3. The van der Waals surface area contributed by atoms with Crippen molar-refractivity contribution in [2.45, 2.75) is 6.54 Å². The molecule has 0 unspecified atom stereocenters. The van der Waals surface area contributed by atoms with Crippen LogP contribution in [0.2, 0.25) is 0 Å². The molecule has 0 aliphatic heterocycles. The first-order valence-corrected chi connectivity index (χ1v) is 5.76. The summed E-state index contributed by atoms with van der Waals surface area (Å²) >= 11 is 0. The van der Waals surface area contributed by atoms with Crippen LogP contribution in [-0.2, 0) is 25.6 Å². The summed E-state index contributed by atoms with van der Waals surface area (Å²) in [5, 5.41) is 10.9. The number of ether oxygens (including phenoxy) is 2. The fourth-order valence-corrected chi connectivity index (χ4v) is 1.36. The highest BCUT2D eigenvalue weighted by molar-refractivity contribution is 5.89. The van der Waals surface area contributed by atoms with E-state index in [1.807, 2.05) is 0 Å². The molecule has 0 radical (unpaired) electrons. The second kappa shape index (κ2) is 7.90.